The zero-order valence-corrected chi connectivity index (χ0v) is 14.7. The van der Waals surface area contributed by atoms with Gasteiger partial charge in [-0.2, -0.15) is 5.10 Å². The van der Waals surface area contributed by atoms with E-state index in [1.807, 2.05) is 47.5 Å². The highest BCUT2D eigenvalue weighted by Crippen LogP contribution is 2.22. The summed E-state index contributed by atoms with van der Waals surface area (Å²) in [6, 6.07) is 16.0. The maximum absolute atomic E-state index is 12.7. The van der Waals surface area contributed by atoms with Gasteiger partial charge in [0.25, 0.3) is 0 Å². The Labute approximate surface area is 152 Å². The first-order valence-corrected chi connectivity index (χ1v) is 9.10. The summed E-state index contributed by atoms with van der Waals surface area (Å²) in [5.74, 6) is 0.630. The average Bonchev–Trinajstić information content (AvgIpc) is 3.30. The molecule has 1 amide bonds. The van der Waals surface area contributed by atoms with E-state index in [0.717, 1.165) is 42.4 Å². The minimum atomic E-state index is 0.0775. The zero-order valence-electron chi connectivity index (χ0n) is 14.7. The summed E-state index contributed by atoms with van der Waals surface area (Å²) < 4.78 is 1.79. The molecule has 3 aromatic rings. The van der Waals surface area contributed by atoms with Crippen molar-refractivity contribution in [2.45, 2.75) is 26.0 Å². The van der Waals surface area contributed by atoms with Crippen LogP contribution in [-0.4, -0.2) is 38.8 Å². The summed E-state index contributed by atoms with van der Waals surface area (Å²) in [7, 11) is 0. The molecule has 2 aromatic carbocycles. The minimum absolute atomic E-state index is 0.0775. The molecule has 26 heavy (non-hydrogen) atoms. The smallest absolute Gasteiger partial charge is 0.244 e. The number of rotatable bonds is 5. The number of hydrogen-bond acceptors (Lipinski definition) is 3. The van der Waals surface area contributed by atoms with Gasteiger partial charge in [0.1, 0.15) is 6.54 Å². The molecule has 0 bridgehead atoms. The molecule has 1 aliphatic heterocycles. The average molecular weight is 349 g/mol. The van der Waals surface area contributed by atoms with Crippen molar-refractivity contribution in [3.63, 3.8) is 0 Å². The van der Waals surface area contributed by atoms with E-state index in [4.69, 9.17) is 5.11 Å². The van der Waals surface area contributed by atoms with Crippen molar-refractivity contribution in [1.29, 1.82) is 0 Å². The first-order valence-electron chi connectivity index (χ1n) is 9.10. The van der Waals surface area contributed by atoms with Gasteiger partial charge in [0.15, 0.2) is 0 Å². The number of carbonyl (C=O) groups is 1. The standard InChI is InChI=1S/C21H23N3O2/c25-15-17-7-5-16(6-8-17)11-18-9-10-23(13-18)21(26)14-24-20-4-2-1-3-19(20)12-22-24/h1-8,12,18,25H,9-11,13-15H2/t18-/m0/s1. The highest BCUT2D eigenvalue weighted by Gasteiger charge is 2.26. The van der Waals surface area contributed by atoms with Crippen LogP contribution < -0.4 is 0 Å². The van der Waals surface area contributed by atoms with Gasteiger partial charge in [0.2, 0.25) is 5.91 Å². The molecule has 1 fully saturated rings. The fraction of sp³-hybridized carbons (Fsp3) is 0.333. The molecule has 0 radical (unpaired) electrons. The third-order valence-corrected chi connectivity index (χ3v) is 5.20. The Morgan fingerprint density at radius 2 is 1.88 bits per heavy atom. The van der Waals surface area contributed by atoms with Crippen LogP contribution in [0.1, 0.15) is 17.5 Å². The van der Waals surface area contributed by atoms with Crippen molar-refractivity contribution in [2.24, 2.45) is 5.92 Å². The van der Waals surface area contributed by atoms with Gasteiger partial charge >= 0.3 is 0 Å². The lowest BCUT2D eigenvalue weighted by molar-refractivity contribution is -0.131. The van der Waals surface area contributed by atoms with Crippen molar-refractivity contribution >= 4 is 16.8 Å². The molecule has 5 heteroatoms. The van der Waals surface area contributed by atoms with Crippen molar-refractivity contribution in [3.8, 4) is 0 Å². The molecular weight excluding hydrogens is 326 g/mol. The fourth-order valence-electron chi connectivity index (χ4n) is 3.72. The third kappa shape index (κ3) is 3.48. The van der Waals surface area contributed by atoms with Crippen molar-refractivity contribution in [3.05, 3.63) is 65.9 Å². The highest BCUT2D eigenvalue weighted by molar-refractivity contribution is 5.82. The largest absolute Gasteiger partial charge is 0.392 e. The Kier molecular flexibility index (Phi) is 4.71. The van der Waals surface area contributed by atoms with E-state index in [-0.39, 0.29) is 12.5 Å². The molecule has 0 saturated carbocycles. The van der Waals surface area contributed by atoms with Crippen LogP contribution in [-0.2, 0) is 24.4 Å². The number of para-hydroxylation sites is 1. The van der Waals surface area contributed by atoms with Gasteiger partial charge in [-0.1, -0.05) is 42.5 Å². The maximum Gasteiger partial charge on any atom is 0.244 e. The SMILES string of the molecule is O=C(Cn1ncc2ccccc21)N1CC[C@@H](Cc2ccc(CO)cc2)C1. The van der Waals surface area contributed by atoms with Gasteiger partial charge in [-0.3, -0.25) is 9.48 Å². The van der Waals surface area contributed by atoms with E-state index in [1.165, 1.54) is 5.56 Å². The van der Waals surface area contributed by atoms with Gasteiger partial charge in [-0.05, 0) is 36.0 Å². The molecule has 0 aliphatic carbocycles. The van der Waals surface area contributed by atoms with Gasteiger partial charge in [-0.15, -0.1) is 0 Å². The number of aliphatic hydroxyl groups excluding tert-OH is 1. The van der Waals surface area contributed by atoms with Crippen LogP contribution in [0.5, 0.6) is 0 Å². The lowest BCUT2D eigenvalue weighted by Gasteiger charge is -2.17. The van der Waals surface area contributed by atoms with E-state index < -0.39 is 0 Å². The quantitative estimate of drug-likeness (QED) is 0.770. The molecular formula is C21H23N3O2. The Bertz CT molecular complexity index is 901. The summed E-state index contributed by atoms with van der Waals surface area (Å²) in [5, 5.41) is 14.5. The molecule has 1 saturated heterocycles. The second-order valence-electron chi connectivity index (χ2n) is 7.03. The Hall–Kier alpha value is -2.66. The van der Waals surface area contributed by atoms with Crippen LogP contribution in [0.15, 0.2) is 54.7 Å². The number of benzene rings is 2. The van der Waals surface area contributed by atoms with Gasteiger partial charge in [0, 0.05) is 18.5 Å². The second-order valence-corrected chi connectivity index (χ2v) is 7.03. The number of amides is 1. The fourth-order valence-corrected chi connectivity index (χ4v) is 3.72. The van der Waals surface area contributed by atoms with Gasteiger partial charge in [0.05, 0.1) is 18.3 Å². The predicted molar refractivity (Wildman–Crippen MR) is 100 cm³/mol. The van der Waals surface area contributed by atoms with Crippen molar-refractivity contribution in [2.75, 3.05) is 13.1 Å². The van der Waals surface area contributed by atoms with Crippen LogP contribution in [0.2, 0.25) is 0 Å². The van der Waals surface area contributed by atoms with Gasteiger partial charge in [-0.25, -0.2) is 0 Å². The zero-order chi connectivity index (χ0) is 17.9. The Morgan fingerprint density at radius 3 is 2.69 bits per heavy atom. The molecule has 0 unspecified atom stereocenters. The first kappa shape index (κ1) is 16.8. The monoisotopic (exact) mass is 349 g/mol. The summed E-state index contributed by atoms with van der Waals surface area (Å²) in [6.45, 7) is 2.00. The molecule has 1 N–H and O–H groups in total. The molecule has 5 nitrogen and oxygen atoms in total. The topological polar surface area (TPSA) is 58.4 Å². The molecule has 2 heterocycles. The van der Waals surface area contributed by atoms with Crippen LogP contribution in [0.4, 0.5) is 0 Å². The van der Waals surface area contributed by atoms with E-state index in [2.05, 4.69) is 17.2 Å². The molecule has 1 aromatic heterocycles. The van der Waals surface area contributed by atoms with Crippen LogP contribution >= 0.6 is 0 Å². The third-order valence-electron chi connectivity index (χ3n) is 5.20. The molecule has 0 spiro atoms. The van der Waals surface area contributed by atoms with E-state index >= 15 is 0 Å². The summed E-state index contributed by atoms with van der Waals surface area (Å²) in [6.07, 6.45) is 3.82. The van der Waals surface area contributed by atoms with Crippen molar-refractivity contribution < 1.29 is 9.90 Å². The molecule has 1 atom stereocenters. The van der Waals surface area contributed by atoms with Crippen LogP contribution in [0.25, 0.3) is 10.9 Å². The Morgan fingerprint density at radius 1 is 1.12 bits per heavy atom. The maximum atomic E-state index is 12.7. The lowest BCUT2D eigenvalue weighted by atomic mass is 9.98. The van der Waals surface area contributed by atoms with E-state index in [9.17, 15) is 4.79 Å². The number of carbonyl (C=O) groups excluding carboxylic acids is 1. The molecule has 134 valence electrons. The van der Waals surface area contributed by atoms with Crippen LogP contribution in [0.3, 0.4) is 0 Å². The number of hydrogen-bond donors (Lipinski definition) is 1. The lowest BCUT2D eigenvalue weighted by Crippen LogP contribution is -2.32. The normalized spacial score (nSPS) is 17.1. The van der Waals surface area contributed by atoms with Crippen molar-refractivity contribution in [1.82, 2.24) is 14.7 Å². The summed E-state index contributed by atoms with van der Waals surface area (Å²) in [5.41, 5.74) is 3.20. The number of nitrogens with zero attached hydrogens (tertiary/aromatic N) is 3. The molecule has 4 rings (SSSR count). The predicted octanol–water partition coefficient (Wildman–Crippen LogP) is 2.62. The second kappa shape index (κ2) is 7.30. The minimum Gasteiger partial charge on any atom is -0.392 e. The number of aromatic nitrogens is 2. The number of fused-ring (bicyclic) bond motifs is 1. The van der Waals surface area contributed by atoms with Crippen LogP contribution in [0, 0.1) is 5.92 Å². The summed E-state index contributed by atoms with van der Waals surface area (Å²) in [4.78, 5) is 14.6. The first-order chi connectivity index (χ1) is 12.7. The van der Waals surface area contributed by atoms with E-state index in [1.54, 1.807) is 4.68 Å². The number of aliphatic hydroxyl groups is 1. The molecule has 1 aliphatic rings. The highest BCUT2D eigenvalue weighted by atomic mass is 16.3. The van der Waals surface area contributed by atoms with E-state index in [0.29, 0.717) is 12.5 Å². The summed E-state index contributed by atoms with van der Waals surface area (Å²) >= 11 is 0. The van der Waals surface area contributed by atoms with Gasteiger partial charge < -0.3 is 10.0 Å². The number of likely N-dealkylation sites (tertiary alicyclic amines) is 1. The Balaban J connectivity index is 1.36.